The number of thiocarbonyl (C=S) groups is 1. The molecule has 0 amide bonds. The first-order valence-corrected chi connectivity index (χ1v) is 5.66. The van der Waals surface area contributed by atoms with Crippen LogP contribution in [0.2, 0.25) is 0 Å². The van der Waals surface area contributed by atoms with E-state index in [0.717, 1.165) is 19.3 Å². The van der Waals surface area contributed by atoms with E-state index in [9.17, 15) is 0 Å². The molecule has 0 aromatic carbocycles. The van der Waals surface area contributed by atoms with Gasteiger partial charge in [0, 0.05) is 4.88 Å². The Bertz CT molecular complexity index is 229. The molecule has 0 aliphatic heterocycles. The van der Waals surface area contributed by atoms with E-state index in [4.69, 9.17) is 23.8 Å². The lowest BCUT2D eigenvalue weighted by Crippen LogP contribution is -1.85. The third-order valence-electron chi connectivity index (χ3n) is 1.63. The molecule has 0 saturated heterocycles. The van der Waals surface area contributed by atoms with Gasteiger partial charge in [0.15, 0.2) is 0 Å². The average Bonchev–Trinajstić information content (AvgIpc) is 2.49. The molecule has 0 aliphatic rings. The van der Waals surface area contributed by atoms with Crippen molar-refractivity contribution < 1.29 is 0 Å². The standard InChI is InChI=1S/C9H11ClS2/c10-9(11)6-2-1-4-8-5-3-7-12-8/h3,5,7H,1-2,4,6H2. The van der Waals surface area contributed by atoms with Crippen LogP contribution in [0.15, 0.2) is 17.5 Å². The van der Waals surface area contributed by atoms with Crippen LogP contribution in [0.1, 0.15) is 24.1 Å². The summed E-state index contributed by atoms with van der Waals surface area (Å²) >= 11 is 12.2. The Labute approximate surface area is 87.6 Å². The summed E-state index contributed by atoms with van der Waals surface area (Å²) in [6, 6.07) is 4.26. The second-order valence-electron chi connectivity index (χ2n) is 2.64. The summed E-state index contributed by atoms with van der Waals surface area (Å²) in [6.07, 6.45) is 4.34. The molecule has 1 rings (SSSR count). The molecule has 0 bridgehead atoms. The van der Waals surface area contributed by atoms with Crippen molar-refractivity contribution in [1.82, 2.24) is 0 Å². The smallest absolute Gasteiger partial charge is 0.0808 e. The molecule has 0 nitrogen and oxygen atoms in total. The average molecular weight is 219 g/mol. The van der Waals surface area contributed by atoms with E-state index in [0.29, 0.717) is 4.32 Å². The minimum absolute atomic E-state index is 0.612. The lowest BCUT2D eigenvalue weighted by molar-refractivity contribution is 0.775. The van der Waals surface area contributed by atoms with Gasteiger partial charge in [0.25, 0.3) is 0 Å². The zero-order valence-electron chi connectivity index (χ0n) is 6.75. The quantitative estimate of drug-likeness (QED) is 0.409. The highest BCUT2D eigenvalue weighted by Crippen LogP contribution is 2.13. The molecule has 0 fully saturated rings. The molecule has 1 heterocycles. The second kappa shape index (κ2) is 5.68. The Morgan fingerprint density at radius 2 is 2.33 bits per heavy atom. The van der Waals surface area contributed by atoms with E-state index < -0.39 is 0 Å². The Morgan fingerprint density at radius 1 is 1.50 bits per heavy atom. The van der Waals surface area contributed by atoms with Crippen molar-refractivity contribution in [2.24, 2.45) is 0 Å². The minimum atomic E-state index is 0.612. The summed E-state index contributed by atoms with van der Waals surface area (Å²) in [4.78, 5) is 1.45. The van der Waals surface area contributed by atoms with Crippen molar-refractivity contribution in [3.8, 4) is 0 Å². The zero-order valence-corrected chi connectivity index (χ0v) is 9.14. The van der Waals surface area contributed by atoms with Crippen molar-refractivity contribution in [2.45, 2.75) is 25.7 Å². The normalized spacial score (nSPS) is 10.1. The summed E-state index contributed by atoms with van der Waals surface area (Å²) in [5.74, 6) is 0. The molecule has 0 unspecified atom stereocenters. The van der Waals surface area contributed by atoms with Crippen molar-refractivity contribution in [2.75, 3.05) is 0 Å². The molecule has 12 heavy (non-hydrogen) atoms. The highest BCUT2D eigenvalue weighted by atomic mass is 35.5. The molecular weight excluding hydrogens is 208 g/mol. The fourth-order valence-electron chi connectivity index (χ4n) is 1.02. The highest BCUT2D eigenvalue weighted by molar-refractivity contribution is 7.83. The number of unbranched alkanes of at least 4 members (excludes halogenated alkanes) is 1. The fourth-order valence-corrected chi connectivity index (χ4v) is 2.05. The molecule has 0 spiro atoms. The molecule has 0 saturated carbocycles. The van der Waals surface area contributed by atoms with Gasteiger partial charge in [-0.05, 0) is 37.1 Å². The molecule has 0 atom stereocenters. The van der Waals surface area contributed by atoms with Crippen LogP contribution in [-0.4, -0.2) is 4.32 Å². The van der Waals surface area contributed by atoms with Crippen LogP contribution in [0.4, 0.5) is 0 Å². The van der Waals surface area contributed by atoms with Crippen LogP contribution in [0.25, 0.3) is 0 Å². The van der Waals surface area contributed by atoms with E-state index in [1.807, 2.05) is 11.3 Å². The molecule has 0 aliphatic carbocycles. The number of aryl methyl sites for hydroxylation is 1. The maximum atomic E-state index is 5.57. The van der Waals surface area contributed by atoms with E-state index in [1.165, 1.54) is 11.3 Å². The van der Waals surface area contributed by atoms with Crippen LogP contribution in [0, 0.1) is 0 Å². The maximum Gasteiger partial charge on any atom is 0.0808 e. The largest absolute Gasteiger partial charge is 0.149 e. The van der Waals surface area contributed by atoms with E-state index >= 15 is 0 Å². The van der Waals surface area contributed by atoms with Crippen LogP contribution in [0.5, 0.6) is 0 Å². The van der Waals surface area contributed by atoms with Gasteiger partial charge in [0.2, 0.25) is 0 Å². The first-order valence-electron chi connectivity index (χ1n) is 4.00. The third kappa shape index (κ3) is 4.19. The number of thiophene rings is 1. The third-order valence-corrected chi connectivity index (χ3v) is 2.96. The van der Waals surface area contributed by atoms with Crippen LogP contribution < -0.4 is 0 Å². The van der Waals surface area contributed by atoms with Crippen molar-refractivity contribution in [3.63, 3.8) is 0 Å². The summed E-state index contributed by atoms with van der Waals surface area (Å²) in [5, 5.41) is 2.11. The predicted octanol–water partition coefficient (Wildman–Crippen LogP) is 4.03. The molecule has 0 radical (unpaired) electrons. The van der Waals surface area contributed by atoms with Gasteiger partial charge in [-0.1, -0.05) is 29.9 Å². The summed E-state index contributed by atoms with van der Waals surface area (Å²) < 4.78 is 0.612. The van der Waals surface area contributed by atoms with Gasteiger partial charge in [-0.2, -0.15) is 0 Å². The van der Waals surface area contributed by atoms with Gasteiger partial charge < -0.3 is 0 Å². The molecule has 0 N–H and O–H groups in total. The number of hydrogen-bond donors (Lipinski definition) is 0. The minimum Gasteiger partial charge on any atom is -0.149 e. The Morgan fingerprint density at radius 3 is 2.92 bits per heavy atom. The monoisotopic (exact) mass is 218 g/mol. The first-order chi connectivity index (χ1) is 5.79. The van der Waals surface area contributed by atoms with Gasteiger partial charge in [0.05, 0.1) is 4.32 Å². The van der Waals surface area contributed by atoms with Gasteiger partial charge in [-0.15, -0.1) is 11.3 Å². The van der Waals surface area contributed by atoms with Gasteiger partial charge in [0.1, 0.15) is 0 Å². The summed E-state index contributed by atoms with van der Waals surface area (Å²) in [7, 11) is 0. The van der Waals surface area contributed by atoms with Crippen molar-refractivity contribution in [1.29, 1.82) is 0 Å². The van der Waals surface area contributed by atoms with E-state index in [1.54, 1.807) is 0 Å². The maximum absolute atomic E-state index is 5.57. The molecule has 1 aromatic rings. The Balaban J connectivity index is 2.07. The van der Waals surface area contributed by atoms with Gasteiger partial charge in [-0.3, -0.25) is 0 Å². The second-order valence-corrected chi connectivity index (χ2v) is 4.85. The molecular formula is C9H11ClS2. The topological polar surface area (TPSA) is 0 Å². The molecule has 1 aromatic heterocycles. The first kappa shape index (κ1) is 10.2. The lowest BCUT2D eigenvalue weighted by Gasteiger charge is -1.96. The Hall–Kier alpha value is 0.0800. The lowest BCUT2D eigenvalue weighted by atomic mass is 10.2. The van der Waals surface area contributed by atoms with E-state index in [2.05, 4.69) is 17.5 Å². The number of rotatable bonds is 5. The molecule has 3 heteroatoms. The highest BCUT2D eigenvalue weighted by Gasteiger charge is 1.95. The number of halogens is 1. The summed E-state index contributed by atoms with van der Waals surface area (Å²) in [6.45, 7) is 0. The predicted molar refractivity (Wildman–Crippen MR) is 60.3 cm³/mol. The van der Waals surface area contributed by atoms with Crippen molar-refractivity contribution >= 4 is 39.5 Å². The van der Waals surface area contributed by atoms with Crippen LogP contribution in [0.3, 0.4) is 0 Å². The van der Waals surface area contributed by atoms with Gasteiger partial charge >= 0.3 is 0 Å². The van der Waals surface area contributed by atoms with E-state index in [-0.39, 0.29) is 0 Å². The zero-order chi connectivity index (χ0) is 8.81. The SMILES string of the molecule is S=C(Cl)CCCCc1cccs1. The fraction of sp³-hybridized carbons (Fsp3) is 0.444. The van der Waals surface area contributed by atoms with Crippen molar-refractivity contribution in [3.05, 3.63) is 22.4 Å². The Kier molecular flexibility index (Phi) is 4.81. The number of hydrogen-bond acceptors (Lipinski definition) is 2. The van der Waals surface area contributed by atoms with Crippen LogP contribution in [-0.2, 0) is 6.42 Å². The summed E-state index contributed by atoms with van der Waals surface area (Å²) in [5.41, 5.74) is 0. The van der Waals surface area contributed by atoms with Crippen LogP contribution >= 0.6 is 35.2 Å². The van der Waals surface area contributed by atoms with Gasteiger partial charge in [-0.25, -0.2) is 0 Å². The molecule has 66 valence electrons.